The van der Waals surface area contributed by atoms with Crippen molar-refractivity contribution in [2.75, 3.05) is 6.61 Å². The van der Waals surface area contributed by atoms with Crippen molar-refractivity contribution < 1.29 is 13.5 Å². The van der Waals surface area contributed by atoms with Gasteiger partial charge < -0.3 is 4.74 Å². The van der Waals surface area contributed by atoms with Gasteiger partial charge in [0.2, 0.25) is 0 Å². The lowest BCUT2D eigenvalue weighted by Gasteiger charge is -2.18. The molecular weight excluding hydrogens is 258 g/mol. The third-order valence-electron chi connectivity index (χ3n) is 2.53. The average Bonchev–Trinajstić information content (AvgIpc) is 2.25. The Morgan fingerprint density at radius 2 is 1.72 bits per heavy atom. The Hall–Kier alpha value is -0.830. The molecule has 0 aliphatic carbocycles. The number of benzene rings is 1. The first-order chi connectivity index (χ1) is 8.33. The van der Waals surface area contributed by atoms with E-state index >= 15 is 0 Å². The molecule has 0 saturated carbocycles. The van der Waals surface area contributed by atoms with E-state index in [0.29, 0.717) is 12.2 Å². The highest BCUT2D eigenvalue weighted by Gasteiger charge is 2.14. The summed E-state index contributed by atoms with van der Waals surface area (Å²) in [7, 11) is 0. The maximum Gasteiger partial charge on any atom is 0.190 e. The summed E-state index contributed by atoms with van der Waals surface area (Å²) >= 11 is 5.53. The molecule has 0 bridgehead atoms. The van der Waals surface area contributed by atoms with Crippen LogP contribution in [0.25, 0.3) is 0 Å². The zero-order chi connectivity index (χ0) is 13.8. The molecule has 0 N–H and O–H groups in total. The average molecular weight is 277 g/mol. The zero-order valence-electron chi connectivity index (χ0n) is 11.0. The summed E-state index contributed by atoms with van der Waals surface area (Å²) in [6.07, 6.45) is 1.70. The van der Waals surface area contributed by atoms with E-state index in [1.54, 1.807) is 0 Å². The third-order valence-corrected chi connectivity index (χ3v) is 2.84. The van der Waals surface area contributed by atoms with Crippen molar-refractivity contribution in [3.8, 4) is 5.75 Å². The number of alkyl halides is 1. The van der Waals surface area contributed by atoms with Crippen molar-refractivity contribution in [1.29, 1.82) is 0 Å². The van der Waals surface area contributed by atoms with Crippen LogP contribution in [0.15, 0.2) is 12.1 Å². The minimum atomic E-state index is -0.693. The molecule has 18 heavy (non-hydrogen) atoms. The maximum atomic E-state index is 13.5. The highest BCUT2D eigenvalue weighted by Crippen LogP contribution is 2.25. The molecule has 0 saturated heterocycles. The van der Waals surface area contributed by atoms with Crippen LogP contribution in [-0.2, 0) is 5.88 Å². The molecular formula is C14H19ClF2O. The fourth-order valence-corrected chi connectivity index (χ4v) is 1.76. The van der Waals surface area contributed by atoms with Gasteiger partial charge in [0.05, 0.1) is 6.61 Å². The van der Waals surface area contributed by atoms with Gasteiger partial charge >= 0.3 is 0 Å². The van der Waals surface area contributed by atoms with E-state index in [4.69, 9.17) is 16.3 Å². The Bertz CT molecular complexity index is 376. The standard InChI is InChI=1S/C14H19ClF2O/c1-14(2,3)5-4-6-18-13-11(16)7-10(9-15)8-12(13)17/h7-8H,4-6,9H2,1-3H3. The molecule has 1 nitrogen and oxygen atoms in total. The van der Waals surface area contributed by atoms with Crippen LogP contribution in [0, 0.1) is 17.0 Å². The first-order valence-corrected chi connectivity index (χ1v) is 6.53. The molecule has 0 fully saturated rings. The highest BCUT2D eigenvalue weighted by atomic mass is 35.5. The normalized spacial score (nSPS) is 11.7. The first-order valence-electron chi connectivity index (χ1n) is 6.00. The second-order valence-electron chi connectivity index (χ2n) is 5.53. The molecule has 1 aromatic carbocycles. The molecule has 4 heteroatoms. The zero-order valence-corrected chi connectivity index (χ0v) is 11.8. The van der Waals surface area contributed by atoms with Gasteiger partial charge in [0.1, 0.15) is 0 Å². The summed E-state index contributed by atoms with van der Waals surface area (Å²) in [6, 6.07) is 2.41. The minimum Gasteiger partial charge on any atom is -0.488 e. The van der Waals surface area contributed by atoms with Crippen LogP contribution in [0.1, 0.15) is 39.2 Å². The van der Waals surface area contributed by atoms with Crippen LogP contribution in [0.5, 0.6) is 5.75 Å². The summed E-state index contributed by atoms with van der Waals surface area (Å²) in [5.74, 6) is -1.61. The quantitative estimate of drug-likeness (QED) is 0.548. The van der Waals surface area contributed by atoms with Gasteiger partial charge in [0.15, 0.2) is 17.4 Å². The fraction of sp³-hybridized carbons (Fsp3) is 0.571. The second kappa shape index (κ2) is 6.37. The van der Waals surface area contributed by atoms with Gasteiger partial charge in [-0.2, -0.15) is 0 Å². The molecule has 0 aliphatic heterocycles. The lowest BCUT2D eigenvalue weighted by Crippen LogP contribution is -2.09. The van der Waals surface area contributed by atoms with E-state index in [0.717, 1.165) is 12.8 Å². The van der Waals surface area contributed by atoms with E-state index in [9.17, 15) is 8.78 Å². The molecule has 0 radical (unpaired) electrons. The molecule has 0 spiro atoms. The first kappa shape index (κ1) is 15.2. The van der Waals surface area contributed by atoms with E-state index in [2.05, 4.69) is 20.8 Å². The summed E-state index contributed by atoms with van der Waals surface area (Å²) < 4.78 is 32.2. The van der Waals surface area contributed by atoms with Crippen LogP contribution < -0.4 is 4.74 Å². The van der Waals surface area contributed by atoms with Crippen LogP contribution >= 0.6 is 11.6 Å². The van der Waals surface area contributed by atoms with Gasteiger partial charge in [-0.1, -0.05) is 20.8 Å². The van der Waals surface area contributed by atoms with Gasteiger partial charge in [-0.15, -0.1) is 11.6 Å². The fourth-order valence-electron chi connectivity index (χ4n) is 1.60. The molecule has 102 valence electrons. The lowest BCUT2D eigenvalue weighted by molar-refractivity contribution is 0.250. The van der Waals surface area contributed by atoms with Crippen molar-refractivity contribution in [3.05, 3.63) is 29.3 Å². The van der Waals surface area contributed by atoms with Crippen LogP contribution in [-0.4, -0.2) is 6.61 Å². The van der Waals surface area contributed by atoms with Crippen molar-refractivity contribution in [2.24, 2.45) is 5.41 Å². The molecule has 1 aromatic rings. The Morgan fingerprint density at radius 1 is 1.17 bits per heavy atom. The monoisotopic (exact) mass is 276 g/mol. The predicted octanol–water partition coefficient (Wildman–Crippen LogP) is 4.91. The van der Waals surface area contributed by atoms with E-state index in [1.807, 2.05) is 0 Å². The smallest absolute Gasteiger partial charge is 0.190 e. The summed E-state index contributed by atoms with van der Waals surface area (Å²) in [4.78, 5) is 0. The summed E-state index contributed by atoms with van der Waals surface area (Å²) in [6.45, 7) is 6.65. The van der Waals surface area contributed by atoms with E-state index < -0.39 is 11.6 Å². The number of hydrogen-bond donors (Lipinski definition) is 0. The van der Waals surface area contributed by atoms with Crippen LogP contribution in [0.3, 0.4) is 0 Å². The Labute approximate surface area is 112 Å². The minimum absolute atomic E-state index is 0.0815. The third kappa shape index (κ3) is 4.81. The van der Waals surface area contributed by atoms with Crippen LogP contribution in [0.4, 0.5) is 8.78 Å². The van der Waals surface area contributed by atoms with Gasteiger partial charge in [0.25, 0.3) is 0 Å². The Kier molecular flexibility index (Phi) is 5.39. The van der Waals surface area contributed by atoms with Crippen molar-refractivity contribution in [2.45, 2.75) is 39.5 Å². The van der Waals surface area contributed by atoms with Gasteiger partial charge in [-0.25, -0.2) is 8.78 Å². The van der Waals surface area contributed by atoms with Gasteiger partial charge in [-0.3, -0.25) is 0 Å². The molecule has 0 amide bonds. The molecule has 1 rings (SSSR count). The molecule has 0 unspecified atom stereocenters. The van der Waals surface area contributed by atoms with Crippen LogP contribution in [0.2, 0.25) is 0 Å². The number of hydrogen-bond acceptors (Lipinski definition) is 1. The summed E-state index contributed by atoms with van der Waals surface area (Å²) in [5.41, 5.74) is 0.608. The topological polar surface area (TPSA) is 9.23 Å². The molecule has 0 aromatic heterocycles. The maximum absolute atomic E-state index is 13.5. The van der Waals surface area contributed by atoms with Crippen molar-refractivity contribution in [1.82, 2.24) is 0 Å². The Morgan fingerprint density at radius 3 is 2.17 bits per heavy atom. The largest absolute Gasteiger partial charge is 0.488 e. The predicted molar refractivity (Wildman–Crippen MR) is 70.1 cm³/mol. The molecule has 0 heterocycles. The molecule has 0 atom stereocenters. The second-order valence-corrected chi connectivity index (χ2v) is 5.80. The number of rotatable bonds is 5. The molecule has 0 aliphatic rings. The Balaban J connectivity index is 2.57. The number of halogens is 3. The van der Waals surface area contributed by atoms with Crippen molar-refractivity contribution >= 4 is 11.6 Å². The number of ether oxygens (including phenoxy) is 1. The van der Waals surface area contributed by atoms with Gasteiger partial charge in [-0.05, 0) is 36.0 Å². The lowest BCUT2D eigenvalue weighted by atomic mass is 9.91. The SMILES string of the molecule is CC(C)(C)CCCOc1c(F)cc(CCl)cc1F. The highest BCUT2D eigenvalue weighted by molar-refractivity contribution is 6.17. The van der Waals surface area contributed by atoms with Crippen molar-refractivity contribution in [3.63, 3.8) is 0 Å². The van der Waals surface area contributed by atoms with E-state index in [1.165, 1.54) is 12.1 Å². The van der Waals surface area contributed by atoms with E-state index in [-0.39, 0.29) is 17.0 Å². The van der Waals surface area contributed by atoms with Gasteiger partial charge in [0, 0.05) is 5.88 Å². The summed E-state index contributed by atoms with van der Waals surface area (Å²) in [5, 5.41) is 0.